The third-order valence-corrected chi connectivity index (χ3v) is 3.09. The molecule has 0 radical (unpaired) electrons. The molecule has 0 aliphatic carbocycles. The first kappa shape index (κ1) is 16.6. The lowest BCUT2D eigenvalue weighted by Crippen LogP contribution is -2.28. The van der Waals surface area contributed by atoms with Crippen LogP contribution in [-0.2, 0) is 9.53 Å². The summed E-state index contributed by atoms with van der Waals surface area (Å²) >= 11 is 2.00. The lowest BCUT2D eigenvalue weighted by molar-refractivity contribution is -0.126. The molecule has 0 heterocycles. The normalized spacial score (nSPS) is 11.7. The molecule has 0 saturated heterocycles. The molecule has 0 saturated carbocycles. The summed E-state index contributed by atoms with van der Waals surface area (Å²) in [5.74, 6) is -1.35. The van der Waals surface area contributed by atoms with Crippen molar-refractivity contribution in [1.82, 2.24) is 0 Å². The van der Waals surface area contributed by atoms with E-state index in [1.54, 1.807) is 19.1 Å². The molecule has 1 aromatic rings. The van der Waals surface area contributed by atoms with E-state index in [2.05, 4.69) is 11.9 Å². The summed E-state index contributed by atoms with van der Waals surface area (Å²) in [5.41, 5.74) is 0.575. The highest BCUT2D eigenvalue weighted by molar-refractivity contribution is 14.1. The summed E-state index contributed by atoms with van der Waals surface area (Å²) < 4.78 is 6.06. The van der Waals surface area contributed by atoms with E-state index < -0.39 is 12.1 Å². The Bertz CT molecular complexity index is 516. The van der Waals surface area contributed by atoms with Crippen molar-refractivity contribution in [2.75, 3.05) is 11.9 Å². The van der Waals surface area contributed by atoms with E-state index in [0.717, 1.165) is 3.57 Å². The Balaban J connectivity index is 2.70. The molecular formula is C14H16INO4. The molecule has 0 fully saturated rings. The number of carbonyl (C=O) groups excluding carboxylic acids is 1. The smallest absolute Gasteiger partial charge is 0.335 e. The minimum Gasteiger partial charge on any atom is -0.478 e. The van der Waals surface area contributed by atoms with Crippen LogP contribution in [0.15, 0.2) is 30.9 Å². The summed E-state index contributed by atoms with van der Waals surface area (Å²) in [6, 6.07) is 4.64. The second kappa shape index (κ2) is 8.01. The largest absolute Gasteiger partial charge is 0.478 e. The summed E-state index contributed by atoms with van der Waals surface area (Å²) in [7, 11) is 0. The summed E-state index contributed by atoms with van der Waals surface area (Å²) in [4.78, 5) is 22.8. The molecule has 1 atom stereocenters. The molecule has 5 nitrogen and oxygen atoms in total. The van der Waals surface area contributed by atoms with Crippen LogP contribution < -0.4 is 5.32 Å². The van der Waals surface area contributed by atoms with Crippen LogP contribution >= 0.6 is 22.6 Å². The molecule has 1 unspecified atom stereocenters. The number of benzene rings is 1. The number of carbonyl (C=O) groups is 2. The lowest BCUT2D eigenvalue weighted by Gasteiger charge is -2.13. The van der Waals surface area contributed by atoms with Crippen LogP contribution in [0.25, 0.3) is 0 Å². The number of halogens is 1. The predicted octanol–water partition coefficient (Wildman–Crippen LogP) is 2.91. The van der Waals surface area contributed by atoms with Crippen molar-refractivity contribution in [3.05, 3.63) is 40.0 Å². The highest BCUT2D eigenvalue weighted by Gasteiger charge is 2.14. The minimum atomic E-state index is -1.03. The Labute approximate surface area is 131 Å². The van der Waals surface area contributed by atoms with Crippen LogP contribution in [0, 0.1) is 3.57 Å². The van der Waals surface area contributed by atoms with Crippen molar-refractivity contribution in [2.45, 2.75) is 19.4 Å². The number of nitrogens with one attached hydrogen (secondary N) is 1. The molecule has 2 N–H and O–H groups in total. The van der Waals surface area contributed by atoms with E-state index in [0.29, 0.717) is 18.7 Å². The molecule has 6 heteroatoms. The van der Waals surface area contributed by atoms with E-state index in [-0.39, 0.29) is 11.5 Å². The predicted molar refractivity (Wildman–Crippen MR) is 85.0 cm³/mol. The van der Waals surface area contributed by atoms with E-state index in [9.17, 15) is 9.59 Å². The second-order valence-corrected chi connectivity index (χ2v) is 5.36. The van der Waals surface area contributed by atoms with E-state index in [4.69, 9.17) is 9.84 Å². The van der Waals surface area contributed by atoms with Crippen molar-refractivity contribution < 1.29 is 19.4 Å². The van der Waals surface area contributed by atoms with Crippen molar-refractivity contribution in [3.8, 4) is 0 Å². The topological polar surface area (TPSA) is 75.6 Å². The van der Waals surface area contributed by atoms with Crippen LogP contribution in [0.4, 0.5) is 5.69 Å². The number of hydrogen-bond donors (Lipinski definition) is 2. The third-order valence-electron chi connectivity index (χ3n) is 2.47. The number of ether oxygens (including phenoxy) is 1. The quantitative estimate of drug-likeness (QED) is 0.427. The van der Waals surface area contributed by atoms with E-state index in [1.807, 2.05) is 22.6 Å². The number of amides is 1. The number of rotatable bonds is 7. The number of aromatic carboxylic acids is 1. The monoisotopic (exact) mass is 389 g/mol. The fourth-order valence-corrected chi connectivity index (χ4v) is 2.10. The zero-order chi connectivity index (χ0) is 15.1. The first-order chi connectivity index (χ1) is 9.43. The molecule has 108 valence electrons. The maximum atomic E-state index is 11.9. The van der Waals surface area contributed by atoms with Gasteiger partial charge in [0.05, 0.1) is 12.2 Å². The first-order valence-corrected chi connectivity index (χ1v) is 7.09. The number of carboxylic acid groups (broad SMARTS) is 1. The van der Waals surface area contributed by atoms with Gasteiger partial charge in [-0.15, -0.1) is 6.58 Å². The van der Waals surface area contributed by atoms with Crippen molar-refractivity contribution in [2.24, 2.45) is 0 Å². The van der Waals surface area contributed by atoms with E-state index in [1.165, 1.54) is 12.1 Å². The van der Waals surface area contributed by atoms with Gasteiger partial charge in [0.15, 0.2) is 0 Å². The van der Waals surface area contributed by atoms with Crippen molar-refractivity contribution in [3.63, 3.8) is 0 Å². The Hall–Kier alpha value is -1.41. The fourth-order valence-electron chi connectivity index (χ4n) is 1.43. The highest BCUT2D eigenvalue weighted by Crippen LogP contribution is 2.17. The van der Waals surface area contributed by atoms with Gasteiger partial charge in [-0.2, -0.15) is 0 Å². The zero-order valence-electron chi connectivity index (χ0n) is 11.1. The average Bonchev–Trinajstić information content (AvgIpc) is 2.38. The number of anilines is 1. The molecule has 1 amide bonds. The van der Waals surface area contributed by atoms with Crippen LogP contribution in [0.5, 0.6) is 0 Å². The SMILES string of the molecule is C=CCCOC(C)C(=O)Nc1cc(I)cc(C(=O)O)c1. The van der Waals surface area contributed by atoms with Crippen LogP contribution in [-0.4, -0.2) is 29.7 Å². The van der Waals surface area contributed by atoms with Gasteiger partial charge in [0.1, 0.15) is 6.10 Å². The first-order valence-electron chi connectivity index (χ1n) is 6.01. The second-order valence-electron chi connectivity index (χ2n) is 4.11. The molecule has 1 rings (SSSR count). The van der Waals surface area contributed by atoms with Gasteiger partial charge in [-0.3, -0.25) is 4.79 Å². The van der Waals surface area contributed by atoms with E-state index >= 15 is 0 Å². The Morgan fingerprint density at radius 1 is 1.50 bits per heavy atom. The van der Waals surface area contributed by atoms with Gasteiger partial charge in [0, 0.05) is 9.26 Å². The number of carboxylic acids is 1. The third kappa shape index (κ3) is 5.30. The zero-order valence-corrected chi connectivity index (χ0v) is 13.2. The number of hydrogen-bond acceptors (Lipinski definition) is 3. The summed E-state index contributed by atoms with van der Waals surface area (Å²) in [6.45, 7) is 5.63. The maximum Gasteiger partial charge on any atom is 0.335 e. The fraction of sp³-hybridized carbons (Fsp3) is 0.286. The lowest BCUT2D eigenvalue weighted by atomic mass is 10.2. The van der Waals surface area contributed by atoms with Gasteiger partial charge in [-0.05, 0) is 54.1 Å². The molecule has 0 aromatic heterocycles. The Morgan fingerprint density at radius 3 is 2.80 bits per heavy atom. The molecular weight excluding hydrogens is 373 g/mol. The molecule has 20 heavy (non-hydrogen) atoms. The van der Waals surface area contributed by atoms with Gasteiger partial charge < -0.3 is 15.2 Å². The maximum absolute atomic E-state index is 11.9. The standard InChI is InChI=1S/C14H16INO4/c1-3-4-5-20-9(2)13(17)16-12-7-10(14(18)19)6-11(15)8-12/h3,6-9H,1,4-5H2,2H3,(H,16,17)(H,18,19). The van der Waals surface area contributed by atoms with Crippen LogP contribution in [0.1, 0.15) is 23.7 Å². The Morgan fingerprint density at radius 2 is 2.20 bits per heavy atom. The van der Waals surface area contributed by atoms with Crippen LogP contribution in [0.3, 0.4) is 0 Å². The van der Waals surface area contributed by atoms with Gasteiger partial charge >= 0.3 is 5.97 Å². The molecule has 0 aliphatic rings. The molecule has 0 aliphatic heterocycles. The van der Waals surface area contributed by atoms with Gasteiger partial charge in [0.25, 0.3) is 5.91 Å². The average molecular weight is 389 g/mol. The summed E-state index contributed by atoms with van der Waals surface area (Å²) in [5, 5.41) is 11.6. The highest BCUT2D eigenvalue weighted by atomic mass is 127. The Kier molecular flexibility index (Phi) is 6.66. The molecule has 0 bridgehead atoms. The van der Waals surface area contributed by atoms with Gasteiger partial charge in [-0.25, -0.2) is 4.79 Å². The molecule has 0 spiro atoms. The van der Waals surface area contributed by atoms with Crippen molar-refractivity contribution in [1.29, 1.82) is 0 Å². The molecule has 1 aromatic carbocycles. The minimum absolute atomic E-state index is 0.132. The van der Waals surface area contributed by atoms with Crippen molar-refractivity contribution >= 4 is 40.2 Å². The van der Waals surface area contributed by atoms with Gasteiger partial charge in [-0.1, -0.05) is 6.08 Å². The van der Waals surface area contributed by atoms with Gasteiger partial charge in [0.2, 0.25) is 0 Å². The summed E-state index contributed by atoms with van der Waals surface area (Å²) in [6.07, 6.45) is 1.77. The van der Waals surface area contributed by atoms with Crippen LogP contribution in [0.2, 0.25) is 0 Å².